The lowest BCUT2D eigenvalue weighted by molar-refractivity contribution is 0.487. The second-order valence-corrected chi connectivity index (χ2v) is 11.7. The highest BCUT2D eigenvalue weighted by molar-refractivity contribution is 8.28. The van der Waals surface area contributed by atoms with E-state index in [1.807, 2.05) is 0 Å². The summed E-state index contributed by atoms with van der Waals surface area (Å²) in [6.45, 7) is 0. The van der Waals surface area contributed by atoms with Crippen LogP contribution in [-0.2, 0) is 0 Å². The minimum Gasteiger partial charge on any atom is -0.458 e. The fourth-order valence-electron chi connectivity index (χ4n) is 6.17. The zero-order valence-corrected chi connectivity index (χ0v) is 24.1. The zero-order valence-electron chi connectivity index (χ0n) is 47.2. The lowest BCUT2D eigenvalue weighted by Crippen LogP contribution is -2.46. The van der Waals surface area contributed by atoms with Crippen LogP contribution in [0, 0.1) is 0 Å². The third-order valence-electron chi connectivity index (χ3n) is 8.12. The molecule has 0 radical (unpaired) electrons. The third-order valence-corrected chi connectivity index (χ3v) is 9.36. The van der Waals surface area contributed by atoms with Gasteiger partial charge in [0.15, 0.2) is 0 Å². The molecule has 7 aromatic carbocycles. The van der Waals surface area contributed by atoms with E-state index in [9.17, 15) is 8.22 Å². The van der Waals surface area contributed by atoms with Gasteiger partial charge in [-0.3, -0.25) is 0 Å². The van der Waals surface area contributed by atoms with Crippen molar-refractivity contribution < 1.29 is 42.1 Å². The molecule has 5 heteroatoms. The van der Waals surface area contributed by atoms with Crippen LogP contribution in [0.2, 0.25) is 0 Å². The van der Waals surface area contributed by atoms with Gasteiger partial charge in [0.25, 0.3) is 5.99 Å². The number of hydrogen-bond acceptors (Lipinski definition) is 3. The molecule has 0 saturated carbocycles. The molecule has 2 aliphatic heterocycles. The van der Waals surface area contributed by atoms with Crippen molar-refractivity contribution in [2.45, 2.75) is 4.90 Å². The Morgan fingerprint density at radius 2 is 1.30 bits per heavy atom. The molecule has 4 heterocycles. The molecule has 0 saturated heterocycles. The lowest BCUT2D eigenvalue weighted by Gasteiger charge is -2.33. The normalized spacial score (nSPS) is 20.3. The van der Waals surface area contributed by atoms with E-state index in [1.54, 1.807) is 0 Å². The molecular weight excluding hydrogens is 593 g/mol. The largest absolute Gasteiger partial charge is 0.458 e. The highest BCUT2D eigenvalue weighted by atomic mass is 32.2. The second kappa shape index (κ2) is 9.44. The topological polar surface area (TPSA) is 27.3 Å². The van der Waals surface area contributed by atoms with Gasteiger partial charge in [0.1, 0.15) is 22.7 Å². The average molecular weight is 642 g/mol. The van der Waals surface area contributed by atoms with E-state index in [4.69, 9.17) is 33.8 Å². The highest BCUT2D eigenvalue weighted by Gasteiger charge is 2.39. The SMILES string of the molecule is [2H]c1c([2H])c([2H])c2c(c1[2H])Oc1c([2H])c(-n3c4c([2H])c([2H])c([2H])c([2H])c4c4c([2H])c([2H])c([2H])c([2H])c43)c([2H])c3c1B2Sc1c([2H])c(-c2c([2H])c([2H])c([2H])c4oc5c([2H])c([2H])c([2H])c([2H])c5c24)c([2H])c([2H])c1-3. The van der Waals surface area contributed by atoms with Crippen molar-refractivity contribution in [3.63, 3.8) is 0 Å². The Bertz CT molecular complexity index is 4060. The molecule has 2 aliphatic rings. The molecule has 9 aromatic rings. The summed E-state index contributed by atoms with van der Waals surface area (Å²) in [6, 6.07) is -18.0. The minimum absolute atomic E-state index is 0.157. The van der Waals surface area contributed by atoms with Crippen molar-refractivity contribution in [2.75, 3.05) is 0 Å². The van der Waals surface area contributed by atoms with Crippen LogP contribution in [0.1, 0.15) is 32.9 Å². The van der Waals surface area contributed by atoms with Crippen LogP contribution in [-0.4, -0.2) is 10.6 Å². The molecule has 0 amide bonds. The van der Waals surface area contributed by atoms with Crippen LogP contribution in [0.5, 0.6) is 11.5 Å². The average Bonchev–Trinajstić information content (AvgIpc) is 3.92. The smallest absolute Gasteiger partial charge is 0.289 e. The van der Waals surface area contributed by atoms with Crippen molar-refractivity contribution in [1.29, 1.82) is 0 Å². The molecule has 0 aliphatic carbocycles. The molecule has 2 aromatic heterocycles. The molecular formula is C42H24BNO2S. The summed E-state index contributed by atoms with van der Waals surface area (Å²) in [5.74, 6) is -2.45. The van der Waals surface area contributed by atoms with E-state index in [0.29, 0.717) is 11.6 Å². The first-order valence-corrected chi connectivity index (χ1v) is 14.9. The Morgan fingerprint density at radius 1 is 0.574 bits per heavy atom. The van der Waals surface area contributed by atoms with Crippen LogP contribution < -0.4 is 15.7 Å². The molecule has 218 valence electrons. The summed E-state index contributed by atoms with van der Waals surface area (Å²) >= 11 is 0.696. The Morgan fingerprint density at radius 3 is 2.15 bits per heavy atom. The number of ether oxygens (including phenoxy) is 1. The zero-order chi connectivity index (χ0) is 51.5. The van der Waals surface area contributed by atoms with Gasteiger partial charge in [-0.2, -0.15) is 11.6 Å². The number of aromatic nitrogens is 1. The summed E-state index contributed by atoms with van der Waals surface area (Å²) in [6.07, 6.45) is 0. The van der Waals surface area contributed by atoms with Crippen molar-refractivity contribution in [2.24, 2.45) is 0 Å². The second-order valence-electron chi connectivity index (χ2n) is 10.6. The Balaban J connectivity index is 1.35. The fourth-order valence-corrected chi connectivity index (χ4v) is 7.47. The number of rotatable bonds is 2. The maximum Gasteiger partial charge on any atom is 0.289 e. The molecule has 0 fully saturated rings. The Labute approximate surface area is 308 Å². The van der Waals surface area contributed by atoms with Crippen molar-refractivity contribution in [1.82, 2.24) is 4.57 Å². The number of furan rings is 1. The monoisotopic (exact) mass is 641 g/mol. The summed E-state index contributed by atoms with van der Waals surface area (Å²) in [5, 5.41) is -1.53. The standard InChI is InChI=1S/C42H24BNO2S/c1-5-15-34-28(10-1)29-11-2-6-16-35(29)44(34)26-23-32-30-21-20-25(27-13-9-19-38-41(27)31-12-3-7-17-36(31)45-38)22-40(30)47-43-33-14-4-8-18-37(33)46-39(24-26)42(32)43/h1-24H/i1D,2D,3D,4D,5D,6D,7D,8D,9D,10D,11D,12D,13D,14D,15D,16D,17D,18D,19D,20D,21D,22D,23D,24D. The van der Waals surface area contributed by atoms with Crippen LogP contribution in [0.15, 0.2) is 154 Å². The summed E-state index contributed by atoms with van der Waals surface area (Å²) in [7, 11) is 0. The molecule has 0 unspecified atom stereocenters. The summed E-state index contributed by atoms with van der Waals surface area (Å²) < 4.78 is 229. The molecule has 3 nitrogen and oxygen atoms in total. The van der Waals surface area contributed by atoms with Gasteiger partial charge >= 0.3 is 0 Å². The van der Waals surface area contributed by atoms with Crippen LogP contribution in [0.25, 0.3) is 71.7 Å². The first-order valence-electron chi connectivity index (χ1n) is 26.0. The van der Waals surface area contributed by atoms with Crippen LogP contribution in [0.4, 0.5) is 0 Å². The lowest BCUT2D eigenvalue weighted by atomic mass is 9.57. The van der Waals surface area contributed by atoms with Gasteiger partial charge < -0.3 is 13.7 Å². The van der Waals surface area contributed by atoms with Crippen molar-refractivity contribution >= 4 is 72.3 Å². The number of fused-ring (bicyclic) bond motifs is 10. The Hall–Kier alpha value is -5.65. The maximum absolute atomic E-state index is 10.1. The van der Waals surface area contributed by atoms with E-state index in [1.165, 1.54) is 0 Å². The number of nitrogens with zero attached hydrogens (tertiary/aromatic N) is 1. The molecule has 47 heavy (non-hydrogen) atoms. The number of hydrogen-bond donors (Lipinski definition) is 0. The number of para-hydroxylation sites is 4. The van der Waals surface area contributed by atoms with Gasteiger partial charge in [-0.15, -0.1) is 0 Å². The molecule has 0 atom stereocenters. The summed E-state index contributed by atoms with van der Waals surface area (Å²) in [5.41, 5.74) is -4.85. The first-order chi connectivity index (χ1) is 33.3. The van der Waals surface area contributed by atoms with E-state index in [2.05, 4.69) is 0 Å². The molecule has 11 rings (SSSR count). The van der Waals surface area contributed by atoms with Gasteiger partial charge in [-0.1, -0.05) is 96.7 Å². The minimum atomic E-state index is -1.43. The molecule has 0 spiro atoms. The highest BCUT2D eigenvalue weighted by Crippen LogP contribution is 2.47. The third kappa shape index (κ3) is 3.55. The Kier molecular flexibility index (Phi) is 2.38. The maximum atomic E-state index is 10.1. The quantitative estimate of drug-likeness (QED) is 0.176. The van der Waals surface area contributed by atoms with Crippen molar-refractivity contribution in [3.05, 3.63) is 145 Å². The van der Waals surface area contributed by atoms with E-state index in [-0.39, 0.29) is 37.7 Å². The van der Waals surface area contributed by atoms with Gasteiger partial charge in [-0.05, 0) is 75.5 Å². The van der Waals surface area contributed by atoms with Gasteiger partial charge in [-0.25, -0.2) is 0 Å². The van der Waals surface area contributed by atoms with Crippen LogP contribution in [0.3, 0.4) is 0 Å². The van der Waals surface area contributed by atoms with Crippen LogP contribution >= 0.6 is 11.6 Å². The predicted octanol–water partition coefficient (Wildman–Crippen LogP) is 10.3. The first kappa shape index (κ1) is 11.9. The van der Waals surface area contributed by atoms with Gasteiger partial charge in [0.05, 0.1) is 49.6 Å². The van der Waals surface area contributed by atoms with E-state index < -0.39 is 212 Å². The van der Waals surface area contributed by atoms with E-state index >= 15 is 0 Å². The summed E-state index contributed by atoms with van der Waals surface area (Å²) in [4.78, 5) is -0.281. The fraction of sp³-hybridized carbons (Fsp3) is 0. The van der Waals surface area contributed by atoms with Gasteiger partial charge in [0, 0.05) is 32.5 Å². The predicted molar refractivity (Wildman–Crippen MR) is 196 cm³/mol. The molecule has 0 N–H and O–H groups in total. The molecule has 0 bridgehead atoms. The number of benzene rings is 7. The van der Waals surface area contributed by atoms with Crippen molar-refractivity contribution in [3.8, 4) is 39.4 Å². The van der Waals surface area contributed by atoms with Gasteiger partial charge in [0.2, 0.25) is 0 Å². The van der Waals surface area contributed by atoms with E-state index in [0.717, 1.165) is 4.57 Å².